The normalized spacial score (nSPS) is 12.2. The van der Waals surface area contributed by atoms with Crippen LogP contribution in [0.15, 0.2) is 18.3 Å². The number of ether oxygens (including phenoxy) is 1. The van der Waals surface area contributed by atoms with E-state index in [-0.39, 0.29) is 11.9 Å². The number of pyridine rings is 1. The molecule has 76 valence electrons. The molecule has 1 atom stereocenters. The van der Waals surface area contributed by atoms with Crippen molar-refractivity contribution >= 4 is 17.6 Å². The van der Waals surface area contributed by atoms with Gasteiger partial charge in [0.25, 0.3) is 0 Å². The molecule has 1 aromatic heterocycles. The van der Waals surface area contributed by atoms with Crippen LogP contribution in [0.1, 0.15) is 12.6 Å². The summed E-state index contributed by atoms with van der Waals surface area (Å²) in [4.78, 5) is 15.2. The van der Waals surface area contributed by atoms with E-state index in [1.807, 2.05) is 13.0 Å². The first-order chi connectivity index (χ1) is 6.63. The third-order valence-corrected chi connectivity index (χ3v) is 2.13. The maximum Gasteiger partial charge on any atom is 0.308 e. The zero-order valence-corrected chi connectivity index (χ0v) is 8.91. The number of aromatic nitrogens is 1. The van der Waals surface area contributed by atoms with Crippen LogP contribution in [0.3, 0.4) is 0 Å². The number of hydrogen-bond acceptors (Lipinski definition) is 3. The van der Waals surface area contributed by atoms with Crippen molar-refractivity contribution in [2.24, 2.45) is 5.92 Å². The van der Waals surface area contributed by atoms with Gasteiger partial charge in [0.1, 0.15) is 0 Å². The second-order valence-corrected chi connectivity index (χ2v) is 3.53. The van der Waals surface area contributed by atoms with E-state index in [9.17, 15) is 4.79 Å². The van der Waals surface area contributed by atoms with Gasteiger partial charge in [0, 0.05) is 18.3 Å². The van der Waals surface area contributed by atoms with Gasteiger partial charge in [-0.15, -0.1) is 0 Å². The van der Waals surface area contributed by atoms with E-state index >= 15 is 0 Å². The Balaban J connectivity index is 2.60. The molecule has 0 aliphatic carbocycles. The first-order valence-electron chi connectivity index (χ1n) is 4.31. The summed E-state index contributed by atoms with van der Waals surface area (Å²) in [5.74, 6) is -0.393. The van der Waals surface area contributed by atoms with Crippen molar-refractivity contribution in [3.8, 4) is 0 Å². The highest BCUT2D eigenvalue weighted by Gasteiger charge is 2.13. The highest BCUT2D eigenvalue weighted by atomic mass is 35.5. The summed E-state index contributed by atoms with van der Waals surface area (Å²) in [5.41, 5.74) is 0.840. The number of carbonyl (C=O) groups excluding carboxylic acids is 1. The zero-order valence-electron chi connectivity index (χ0n) is 8.16. The first-order valence-corrected chi connectivity index (χ1v) is 4.69. The number of esters is 1. The molecule has 0 fully saturated rings. The van der Waals surface area contributed by atoms with Gasteiger partial charge in [0.2, 0.25) is 0 Å². The van der Waals surface area contributed by atoms with Crippen molar-refractivity contribution in [1.29, 1.82) is 0 Å². The van der Waals surface area contributed by atoms with Crippen molar-refractivity contribution in [2.75, 3.05) is 7.11 Å². The Morgan fingerprint density at radius 1 is 1.64 bits per heavy atom. The van der Waals surface area contributed by atoms with Crippen molar-refractivity contribution in [2.45, 2.75) is 13.3 Å². The Morgan fingerprint density at radius 2 is 2.36 bits per heavy atom. The number of halogens is 1. The molecule has 0 N–H and O–H groups in total. The average molecular weight is 214 g/mol. The standard InChI is InChI=1S/C10H12ClNO2/c1-7(10(13)14-2)5-9-4-3-8(11)6-12-9/h3-4,6-7H,5H2,1-2H3/t7-/m0/s1. The van der Waals surface area contributed by atoms with Crippen LogP contribution in [0.5, 0.6) is 0 Å². The summed E-state index contributed by atoms with van der Waals surface area (Å²) in [6.07, 6.45) is 2.14. The van der Waals surface area contributed by atoms with Gasteiger partial charge in [-0.2, -0.15) is 0 Å². The van der Waals surface area contributed by atoms with E-state index in [0.717, 1.165) is 5.69 Å². The van der Waals surface area contributed by atoms with E-state index in [4.69, 9.17) is 11.6 Å². The molecule has 3 nitrogen and oxygen atoms in total. The van der Waals surface area contributed by atoms with Crippen LogP contribution in [0.2, 0.25) is 5.02 Å². The molecule has 0 unspecified atom stereocenters. The van der Waals surface area contributed by atoms with Gasteiger partial charge in [-0.1, -0.05) is 18.5 Å². The fourth-order valence-electron chi connectivity index (χ4n) is 1.13. The van der Waals surface area contributed by atoms with Gasteiger partial charge < -0.3 is 4.74 Å². The fraction of sp³-hybridized carbons (Fsp3) is 0.400. The summed E-state index contributed by atoms with van der Waals surface area (Å²) in [6, 6.07) is 3.57. The number of nitrogens with zero attached hydrogens (tertiary/aromatic N) is 1. The Labute approximate surface area is 88.1 Å². The highest BCUT2D eigenvalue weighted by Crippen LogP contribution is 2.10. The third-order valence-electron chi connectivity index (χ3n) is 1.91. The lowest BCUT2D eigenvalue weighted by Gasteiger charge is -2.07. The summed E-state index contributed by atoms with van der Waals surface area (Å²) in [6.45, 7) is 1.81. The van der Waals surface area contributed by atoms with Crippen LogP contribution in [0, 0.1) is 5.92 Å². The number of methoxy groups -OCH3 is 1. The van der Waals surface area contributed by atoms with Crippen LogP contribution in [-0.4, -0.2) is 18.1 Å². The Bertz CT molecular complexity index is 310. The van der Waals surface area contributed by atoms with Gasteiger partial charge >= 0.3 is 5.97 Å². The molecule has 0 saturated carbocycles. The van der Waals surface area contributed by atoms with Gasteiger partial charge in [0.15, 0.2) is 0 Å². The van der Waals surface area contributed by atoms with Crippen molar-refractivity contribution in [3.63, 3.8) is 0 Å². The maximum absolute atomic E-state index is 11.1. The maximum atomic E-state index is 11.1. The SMILES string of the molecule is COC(=O)[C@@H](C)Cc1ccc(Cl)cn1. The Hall–Kier alpha value is -1.09. The van der Waals surface area contributed by atoms with E-state index in [0.29, 0.717) is 11.4 Å². The van der Waals surface area contributed by atoms with Crippen LogP contribution < -0.4 is 0 Å². The van der Waals surface area contributed by atoms with Gasteiger partial charge in [0.05, 0.1) is 18.1 Å². The lowest BCUT2D eigenvalue weighted by atomic mass is 10.1. The molecule has 0 aliphatic rings. The molecule has 1 aromatic rings. The molecule has 4 heteroatoms. The first kappa shape index (κ1) is 11.0. The summed E-state index contributed by atoms with van der Waals surface area (Å²) in [7, 11) is 1.38. The number of rotatable bonds is 3. The molecule has 1 rings (SSSR count). The molecule has 0 bridgehead atoms. The van der Waals surface area contributed by atoms with Gasteiger partial charge in [-0.05, 0) is 12.1 Å². The summed E-state index contributed by atoms with van der Waals surface area (Å²) >= 11 is 5.68. The third kappa shape index (κ3) is 3.00. The lowest BCUT2D eigenvalue weighted by Crippen LogP contribution is -2.15. The number of carbonyl (C=O) groups is 1. The Morgan fingerprint density at radius 3 is 2.86 bits per heavy atom. The Kier molecular flexibility index (Phi) is 3.89. The number of hydrogen-bond donors (Lipinski definition) is 0. The minimum absolute atomic E-state index is 0.173. The summed E-state index contributed by atoms with van der Waals surface area (Å²) < 4.78 is 4.62. The van der Waals surface area contributed by atoms with Crippen LogP contribution in [0.4, 0.5) is 0 Å². The topological polar surface area (TPSA) is 39.2 Å². The molecular formula is C10H12ClNO2. The van der Waals surface area contributed by atoms with Crippen LogP contribution >= 0.6 is 11.6 Å². The van der Waals surface area contributed by atoms with Crippen molar-refractivity contribution < 1.29 is 9.53 Å². The van der Waals surface area contributed by atoms with Crippen LogP contribution in [-0.2, 0) is 16.0 Å². The zero-order chi connectivity index (χ0) is 10.6. The monoisotopic (exact) mass is 213 g/mol. The smallest absolute Gasteiger partial charge is 0.308 e. The van der Waals surface area contributed by atoms with E-state index in [2.05, 4.69) is 9.72 Å². The predicted molar refractivity (Wildman–Crippen MR) is 54.1 cm³/mol. The average Bonchev–Trinajstić information content (AvgIpc) is 2.20. The minimum Gasteiger partial charge on any atom is -0.469 e. The summed E-state index contributed by atoms with van der Waals surface area (Å²) in [5, 5.41) is 0.597. The second kappa shape index (κ2) is 4.96. The highest BCUT2D eigenvalue weighted by molar-refractivity contribution is 6.30. The van der Waals surface area contributed by atoms with Gasteiger partial charge in [-0.25, -0.2) is 0 Å². The molecule has 0 spiro atoms. The molecule has 14 heavy (non-hydrogen) atoms. The molecular weight excluding hydrogens is 202 g/mol. The molecule has 0 amide bonds. The van der Waals surface area contributed by atoms with E-state index in [1.54, 1.807) is 12.3 Å². The molecule has 0 aromatic carbocycles. The molecule has 1 heterocycles. The van der Waals surface area contributed by atoms with E-state index < -0.39 is 0 Å². The lowest BCUT2D eigenvalue weighted by molar-refractivity contribution is -0.144. The van der Waals surface area contributed by atoms with Crippen molar-refractivity contribution in [1.82, 2.24) is 4.98 Å². The minimum atomic E-state index is -0.221. The second-order valence-electron chi connectivity index (χ2n) is 3.10. The van der Waals surface area contributed by atoms with E-state index in [1.165, 1.54) is 7.11 Å². The largest absolute Gasteiger partial charge is 0.469 e. The van der Waals surface area contributed by atoms with Crippen molar-refractivity contribution in [3.05, 3.63) is 29.0 Å². The molecule has 0 radical (unpaired) electrons. The molecule has 0 saturated heterocycles. The fourth-order valence-corrected chi connectivity index (χ4v) is 1.24. The predicted octanol–water partition coefficient (Wildman–Crippen LogP) is 2.09. The van der Waals surface area contributed by atoms with Crippen LogP contribution in [0.25, 0.3) is 0 Å². The van der Waals surface area contributed by atoms with Gasteiger partial charge in [-0.3, -0.25) is 9.78 Å². The quantitative estimate of drug-likeness (QED) is 0.722. The molecule has 0 aliphatic heterocycles.